The summed E-state index contributed by atoms with van der Waals surface area (Å²) in [6.45, 7) is 4.16. The summed E-state index contributed by atoms with van der Waals surface area (Å²) in [4.78, 5) is 51.7. The standard InChI is InChI=1S/C32H33N3O6/c1-22-2-3-26(31(38)33-27-10-11-27)20-29(22)23-4-6-24(7-5-23)30(37)25-8-12-28(13-9-25)40-18-19-41-32(39)35-16-14-34(21-36)15-17-35/h2-9,12-13,20-21,27H,10-11,14-19H2,1H3,(H,33,38). The Bertz CT molecular complexity index is 1410. The van der Waals surface area contributed by atoms with E-state index in [0.29, 0.717) is 54.7 Å². The summed E-state index contributed by atoms with van der Waals surface area (Å²) in [7, 11) is 0. The van der Waals surface area contributed by atoms with E-state index >= 15 is 0 Å². The molecule has 212 valence electrons. The van der Waals surface area contributed by atoms with Gasteiger partial charge in [-0.3, -0.25) is 14.4 Å². The topological polar surface area (TPSA) is 105 Å². The molecular weight excluding hydrogens is 522 g/mol. The van der Waals surface area contributed by atoms with E-state index in [1.54, 1.807) is 46.2 Å². The van der Waals surface area contributed by atoms with Gasteiger partial charge >= 0.3 is 6.09 Å². The monoisotopic (exact) mass is 555 g/mol. The first-order valence-corrected chi connectivity index (χ1v) is 13.8. The summed E-state index contributed by atoms with van der Waals surface area (Å²) < 4.78 is 10.9. The minimum absolute atomic E-state index is 0.0559. The number of ether oxygens (including phenoxy) is 2. The van der Waals surface area contributed by atoms with Crippen LogP contribution in [0.1, 0.15) is 44.7 Å². The number of nitrogens with one attached hydrogen (secondary N) is 1. The number of aryl methyl sites for hydroxylation is 1. The van der Waals surface area contributed by atoms with Crippen molar-refractivity contribution in [2.75, 3.05) is 39.4 Å². The molecule has 9 heteroatoms. The van der Waals surface area contributed by atoms with Gasteiger partial charge in [-0.05, 0) is 72.9 Å². The molecule has 1 aliphatic heterocycles. The summed E-state index contributed by atoms with van der Waals surface area (Å²) in [6, 6.07) is 20.2. The van der Waals surface area contributed by atoms with Gasteiger partial charge in [-0.15, -0.1) is 0 Å². The van der Waals surface area contributed by atoms with Gasteiger partial charge in [0.1, 0.15) is 19.0 Å². The van der Waals surface area contributed by atoms with Crippen molar-refractivity contribution in [1.29, 1.82) is 0 Å². The molecule has 1 saturated heterocycles. The molecule has 0 atom stereocenters. The Hall–Kier alpha value is -4.66. The van der Waals surface area contributed by atoms with Gasteiger partial charge in [0.25, 0.3) is 5.91 Å². The summed E-state index contributed by atoms with van der Waals surface area (Å²) in [5, 5.41) is 3.02. The second-order valence-corrected chi connectivity index (χ2v) is 10.3. The minimum Gasteiger partial charge on any atom is -0.490 e. The van der Waals surface area contributed by atoms with E-state index in [1.807, 2.05) is 37.3 Å². The van der Waals surface area contributed by atoms with Crippen molar-refractivity contribution in [3.8, 4) is 16.9 Å². The molecular formula is C32H33N3O6. The summed E-state index contributed by atoms with van der Waals surface area (Å²) in [5.74, 6) is 0.397. The van der Waals surface area contributed by atoms with Crippen molar-refractivity contribution in [2.24, 2.45) is 0 Å². The van der Waals surface area contributed by atoms with Gasteiger partial charge in [0.15, 0.2) is 5.78 Å². The summed E-state index contributed by atoms with van der Waals surface area (Å²) in [5.41, 5.74) is 4.67. The first-order valence-electron chi connectivity index (χ1n) is 13.8. The maximum Gasteiger partial charge on any atom is 0.410 e. The third-order valence-electron chi connectivity index (χ3n) is 7.29. The van der Waals surface area contributed by atoms with Crippen molar-refractivity contribution in [1.82, 2.24) is 15.1 Å². The van der Waals surface area contributed by atoms with Crippen LogP contribution in [0.2, 0.25) is 0 Å². The number of carbonyl (C=O) groups excluding carboxylic acids is 4. The molecule has 41 heavy (non-hydrogen) atoms. The Morgan fingerprint density at radius 2 is 1.49 bits per heavy atom. The quantitative estimate of drug-likeness (QED) is 0.230. The summed E-state index contributed by atoms with van der Waals surface area (Å²) in [6.07, 6.45) is 2.44. The van der Waals surface area contributed by atoms with Crippen LogP contribution in [0.3, 0.4) is 0 Å². The smallest absolute Gasteiger partial charge is 0.410 e. The van der Waals surface area contributed by atoms with Gasteiger partial charge < -0.3 is 24.6 Å². The molecule has 0 radical (unpaired) electrons. The summed E-state index contributed by atoms with van der Waals surface area (Å²) >= 11 is 0. The second kappa shape index (κ2) is 12.7. The van der Waals surface area contributed by atoms with Crippen molar-refractivity contribution in [2.45, 2.75) is 25.8 Å². The molecule has 3 aromatic carbocycles. The third-order valence-corrected chi connectivity index (χ3v) is 7.29. The number of hydrogen-bond acceptors (Lipinski definition) is 6. The zero-order valence-corrected chi connectivity index (χ0v) is 23.0. The molecule has 0 unspecified atom stereocenters. The Kier molecular flexibility index (Phi) is 8.62. The maximum atomic E-state index is 13.1. The van der Waals surface area contributed by atoms with Crippen LogP contribution >= 0.6 is 0 Å². The fourth-order valence-corrected chi connectivity index (χ4v) is 4.63. The van der Waals surface area contributed by atoms with Crippen LogP contribution in [0, 0.1) is 6.92 Å². The molecule has 3 amide bonds. The first kappa shape index (κ1) is 27.9. The van der Waals surface area contributed by atoms with E-state index in [1.165, 1.54) is 0 Å². The van der Waals surface area contributed by atoms with E-state index in [0.717, 1.165) is 35.9 Å². The molecule has 1 N–H and O–H groups in total. The van der Waals surface area contributed by atoms with Gasteiger partial charge in [-0.25, -0.2) is 4.79 Å². The van der Waals surface area contributed by atoms with E-state index in [-0.39, 0.29) is 24.9 Å². The Morgan fingerprint density at radius 1 is 0.854 bits per heavy atom. The van der Waals surface area contributed by atoms with Crippen molar-refractivity contribution in [3.05, 3.63) is 89.0 Å². The minimum atomic E-state index is -0.423. The average Bonchev–Trinajstić information content (AvgIpc) is 3.83. The van der Waals surface area contributed by atoms with Gasteiger partial charge in [0.05, 0.1) is 0 Å². The second-order valence-electron chi connectivity index (χ2n) is 10.3. The third kappa shape index (κ3) is 7.11. The number of nitrogens with zero attached hydrogens (tertiary/aromatic N) is 2. The highest BCUT2D eigenvalue weighted by molar-refractivity contribution is 6.09. The molecule has 3 aromatic rings. The molecule has 0 aromatic heterocycles. The van der Waals surface area contributed by atoms with Crippen molar-refractivity contribution < 1.29 is 28.7 Å². The maximum absolute atomic E-state index is 13.1. The largest absolute Gasteiger partial charge is 0.490 e. The highest BCUT2D eigenvalue weighted by Gasteiger charge is 2.24. The van der Waals surface area contributed by atoms with Crippen LogP contribution in [0.15, 0.2) is 66.7 Å². The lowest BCUT2D eigenvalue weighted by Gasteiger charge is -2.31. The average molecular weight is 556 g/mol. The molecule has 1 aliphatic carbocycles. The van der Waals surface area contributed by atoms with Crippen LogP contribution in [0.4, 0.5) is 4.79 Å². The van der Waals surface area contributed by atoms with Crippen molar-refractivity contribution in [3.63, 3.8) is 0 Å². The fraction of sp³-hybridized carbons (Fsp3) is 0.312. The molecule has 0 spiro atoms. The van der Waals surface area contributed by atoms with E-state index in [9.17, 15) is 19.2 Å². The zero-order chi connectivity index (χ0) is 28.8. The highest BCUT2D eigenvalue weighted by Crippen LogP contribution is 2.27. The number of rotatable bonds is 10. The zero-order valence-electron chi connectivity index (χ0n) is 23.0. The molecule has 9 nitrogen and oxygen atoms in total. The number of amides is 3. The van der Waals surface area contributed by atoms with Gasteiger partial charge in [-0.2, -0.15) is 0 Å². The lowest BCUT2D eigenvalue weighted by molar-refractivity contribution is -0.119. The number of hydrogen-bond donors (Lipinski definition) is 1. The number of ketones is 1. The van der Waals surface area contributed by atoms with E-state index in [4.69, 9.17) is 9.47 Å². The van der Waals surface area contributed by atoms with Crippen LogP contribution in [0.25, 0.3) is 11.1 Å². The van der Waals surface area contributed by atoms with Gasteiger partial charge in [-0.1, -0.05) is 30.3 Å². The van der Waals surface area contributed by atoms with Crippen LogP contribution < -0.4 is 10.1 Å². The Balaban J connectivity index is 1.12. The predicted octanol–water partition coefficient (Wildman–Crippen LogP) is 4.07. The van der Waals surface area contributed by atoms with E-state index < -0.39 is 6.09 Å². The fourth-order valence-electron chi connectivity index (χ4n) is 4.63. The molecule has 2 fully saturated rings. The number of piperazine rings is 1. The normalized spacial score (nSPS) is 14.8. The molecule has 0 bridgehead atoms. The molecule has 1 saturated carbocycles. The lowest BCUT2D eigenvalue weighted by atomic mass is 9.95. The van der Waals surface area contributed by atoms with Crippen LogP contribution in [-0.2, 0) is 9.53 Å². The molecule has 1 heterocycles. The van der Waals surface area contributed by atoms with Crippen LogP contribution in [0.5, 0.6) is 5.75 Å². The first-order chi connectivity index (χ1) is 19.9. The molecule has 2 aliphatic rings. The number of carbonyl (C=O) groups is 4. The Morgan fingerprint density at radius 3 is 2.12 bits per heavy atom. The predicted molar refractivity (Wildman–Crippen MR) is 153 cm³/mol. The molecule has 5 rings (SSSR count). The lowest BCUT2D eigenvalue weighted by Crippen LogP contribution is -2.48. The van der Waals surface area contributed by atoms with Gasteiger partial charge in [0, 0.05) is 48.9 Å². The highest BCUT2D eigenvalue weighted by atomic mass is 16.6. The van der Waals surface area contributed by atoms with Crippen molar-refractivity contribution >= 4 is 24.2 Å². The number of benzene rings is 3. The Labute approximate surface area is 239 Å². The van der Waals surface area contributed by atoms with Crippen LogP contribution in [-0.4, -0.2) is 79.4 Å². The SMILES string of the molecule is Cc1ccc(C(=O)NC2CC2)cc1-c1ccc(C(=O)c2ccc(OCCOC(=O)N3CCN(C=O)CC3)cc2)cc1. The van der Waals surface area contributed by atoms with E-state index in [2.05, 4.69) is 5.32 Å². The van der Waals surface area contributed by atoms with Gasteiger partial charge in [0.2, 0.25) is 6.41 Å².